The largest absolute Gasteiger partial charge is 0.497 e. The van der Waals surface area contributed by atoms with E-state index in [2.05, 4.69) is 10.3 Å². The van der Waals surface area contributed by atoms with E-state index in [1.807, 2.05) is 6.07 Å². The van der Waals surface area contributed by atoms with Crippen molar-refractivity contribution in [3.63, 3.8) is 0 Å². The number of H-pyrrole nitrogens is 1. The molecule has 92 valence electrons. The molecule has 0 spiro atoms. The van der Waals surface area contributed by atoms with Gasteiger partial charge in [0, 0.05) is 18.0 Å². The van der Waals surface area contributed by atoms with Crippen molar-refractivity contribution in [1.29, 1.82) is 0 Å². The van der Waals surface area contributed by atoms with Gasteiger partial charge in [0.1, 0.15) is 10.4 Å². The highest BCUT2D eigenvalue weighted by Crippen LogP contribution is 2.17. The Morgan fingerprint density at radius 3 is 2.89 bits per heavy atom. The van der Waals surface area contributed by atoms with Crippen molar-refractivity contribution in [3.05, 3.63) is 52.8 Å². The van der Waals surface area contributed by atoms with Crippen LogP contribution in [0.3, 0.4) is 0 Å². The zero-order valence-corrected chi connectivity index (χ0v) is 10.6. The van der Waals surface area contributed by atoms with E-state index in [0.717, 1.165) is 0 Å². The Hall–Kier alpha value is -2.14. The van der Waals surface area contributed by atoms with Gasteiger partial charge in [0.05, 0.1) is 12.7 Å². The summed E-state index contributed by atoms with van der Waals surface area (Å²) in [7, 11) is 1.58. The summed E-state index contributed by atoms with van der Waals surface area (Å²) < 4.78 is 5.50. The predicted octanol–water partition coefficient (Wildman–Crippen LogP) is 3.01. The maximum atomic E-state index is 12.0. The van der Waals surface area contributed by atoms with Crippen LogP contribution in [0.15, 0.2) is 42.6 Å². The van der Waals surface area contributed by atoms with Gasteiger partial charge >= 0.3 is 0 Å². The van der Waals surface area contributed by atoms with Gasteiger partial charge in [0.2, 0.25) is 0 Å². The first-order valence-electron chi connectivity index (χ1n) is 5.34. The molecule has 18 heavy (non-hydrogen) atoms. The van der Waals surface area contributed by atoms with Crippen LogP contribution in [0.4, 0.5) is 5.69 Å². The molecule has 2 N–H and O–H groups in total. The topological polar surface area (TPSA) is 54.1 Å². The molecule has 0 radical (unpaired) electrons. The number of rotatable bonds is 3. The lowest BCUT2D eigenvalue weighted by Crippen LogP contribution is -2.12. The number of pyridine rings is 1. The molecule has 0 aliphatic heterocycles. The lowest BCUT2D eigenvalue weighted by molar-refractivity contribution is 0.102. The molecule has 0 saturated carbocycles. The predicted molar refractivity (Wildman–Crippen MR) is 72.6 cm³/mol. The van der Waals surface area contributed by atoms with Crippen LogP contribution in [0.2, 0.25) is 0 Å². The third kappa shape index (κ3) is 2.75. The molecule has 0 aliphatic rings. The number of hydrogen-bond donors (Lipinski definition) is 2. The molecule has 0 fully saturated rings. The number of carbonyl (C=O) groups excluding carboxylic acids is 1. The standard InChI is InChI=1S/C13H12N2O2S/c1-17-10-5-2-4-9(8-10)15-12(16)11-6-3-7-14-13(11)18/h2-8H,1H3,(H,14,18)(H,15,16). The van der Waals surface area contributed by atoms with Crippen LogP contribution in [-0.2, 0) is 0 Å². The highest BCUT2D eigenvalue weighted by Gasteiger charge is 2.07. The normalized spacial score (nSPS) is 9.83. The van der Waals surface area contributed by atoms with E-state index < -0.39 is 0 Å². The second-order valence-electron chi connectivity index (χ2n) is 3.60. The molecule has 1 amide bonds. The third-order valence-electron chi connectivity index (χ3n) is 2.39. The third-order valence-corrected chi connectivity index (χ3v) is 2.73. The molecule has 5 heteroatoms. The Balaban J connectivity index is 2.21. The molecule has 0 saturated heterocycles. The number of nitrogens with one attached hydrogen (secondary N) is 2. The minimum absolute atomic E-state index is 0.245. The molecule has 4 nitrogen and oxygen atoms in total. The Morgan fingerprint density at radius 2 is 2.17 bits per heavy atom. The van der Waals surface area contributed by atoms with Crippen molar-refractivity contribution in [2.75, 3.05) is 12.4 Å². The number of aromatic nitrogens is 1. The number of amides is 1. The summed E-state index contributed by atoms with van der Waals surface area (Å²) in [6, 6.07) is 10.6. The Kier molecular flexibility index (Phi) is 3.74. The maximum absolute atomic E-state index is 12.0. The fraction of sp³-hybridized carbons (Fsp3) is 0.0769. The van der Waals surface area contributed by atoms with E-state index in [1.165, 1.54) is 0 Å². The van der Waals surface area contributed by atoms with Gasteiger partial charge in [-0.1, -0.05) is 18.3 Å². The van der Waals surface area contributed by atoms with Gasteiger partial charge in [-0.25, -0.2) is 0 Å². The second-order valence-corrected chi connectivity index (χ2v) is 4.01. The number of carbonyl (C=O) groups is 1. The number of methoxy groups -OCH3 is 1. The molecule has 0 unspecified atom stereocenters. The van der Waals surface area contributed by atoms with Crippen LogP contribution >= 0.6 is 12.2 Å². The monoisotopic (exact) mass is 260 g/mol. The molecule has 1 aromatic heterocycles. The number of anilines is 1. The summed E-state index contributed by atoms with van der Waals surface area (Å²) in [5.41, 5.74) is 1.10. The summed E-state index contributed by atoms with van der Waals surface area (Å²) >= 11 is 5.05. The summed E-state index contributed by atoms with van der Waals surface area (Å²) in [4.78, 5) is 14.8. The lowest BCUT2D eigenvalue weighted by Gasteiger charge is -2.06. The second kappa shape index (κ2) is 5.46. The summed E-state index contributed by atoms with van der Waals surface area (Å²) in [6.45, 7) is 0. The van der Waals surface area contributed by atoms with Gasteiger partial charge in [-0.3, -0.25) is 4.79 Å². The van der Waals surface area contributed by atoms with E-state index in [1.54, 1.807) is 43.6 Å². The van der Waals surface area contributed by atoms with Crippen molar-refractivity contribution >= 4 is 23.8 Å². The SMILES string of the molecule is COc1cccc(NC(=O)c2ccc[nH]c2=S)c1. The van der Waals surface area contributed by atoms with Crippen molar-refractivity contribution in [2.45, 2.75) is 0 Å². The van der Waals surface area contributed by atoms with Crippen LogP contribution < -0.4 is 10.1 Å². The Bertz CT molecular complexity index is 622. The van der Waals surface area contributed by atoms with Crippen molar-refractivity contribution < 1.29 is 9.53 Å². The Labute approximate surface area is 110 Å². The summed E-state index contributed by atoms with van der Waals surface area (Å²) in [5.74, 6) is 0.441. The van der Waals surface area contributed by atoms with E-state index in [9.17, 15) is 4.79 Å². The fourth-order valence-corrected chi connectivity index (χ4v) is 1.73. The van der Waals surface area contributed by atoms with Gasteiger partial charge < -0.3 is 15.0 Å². The summed E-state index contributed by atoms with van der Waals surface area (Å²) in [6.07, 6.45) is 1.69. The highest BCUT2D eigenvalue weighted by molar-refractivity contribution is 7.71. The van der Waals surface area contributed by atoms with Gasteiger partial charge in [-0.15, -0.1) is 0 Å². The number of aromatic amines is 1. The molecular formula is C13H12N2O2S. The first kappa shape index (κ1) is 12.3. The zero-order valence-electron chi connectivity index (χ0n) is 9.77. The van der Waals surface area contributed by atoms with Crippen LogP contribution in [-0.4, -0.2) is 18.0 Å². The maximum Gasteiger partial charge on any atom is 0.258 e. The molecule has 0 atom stereocenters. The molecule has 1 heterocycles. The zero-order chi connectivity index (χ0) is 13.0. The molecule has 1 aromatic carbocycles. The number of ether oxygens (including phenoxy) is 1. The van der Waals surface area contributed by atoms with Crippen molar-refractivity contribution in [1.82, 2.24) is 4.98 Å². The van der Waals surface area contributed by atoms with E-state index in [4.69, 9.17) is 17.0 Å². The fourth-order valence-electron chi connectivity index (χ4n) is 1.50. The number of hydrogen-bond acceptors (Lipinski definition) is 3. The molecular weight excluding hydrogens is 248 g/mol. The van der Waals surface area contributed by atoms with Crippen LogP contribution in [0.25, 0.3) is 0 Å². The molecule has 0 bridgehead atoms. The lowest BCUT2D eigenvalue weighted by atomic mass is 10.2. The van der Waals surface area contributed by atoms with Gasteiger partial charge in [0.25, 0.3) is 5.91 Å². The van der Waals surface area contributed by atoms with Crippen LogP contribution in [0.1, 0.15) is 10.4 Å². The summed E-state index contributed by atoms with van der Waals surface area (Å²) in [5, 5.41) is 2.77. The van der Waals surface area contributed by atoms with E-state index in [-0.39, 0.29) is 5.91 Å². The minimum atomic E-state index is -0.245. The minimum Gasteiger partial charge on any atom is -0.497 e. The van der Waals surface area contributed by atoms with E-state index in [0.29, 0.717) is 21.6 Å². The quantitative estimate of drug-likeness (QED) is 0.834. The average Bonchev–Trinajstić information content (AvgIpc) is 2.39. The first-order chi connectivity index (χ1) is 8.70. The van der Waals surface area contributed by atoms with Crippen molar-refractivity contribution in [2.24, 2.45) is 0 Å². The molecule has 0 aliphatic carbocycles. The highest BCUT2D eigenvalue weighted by atomic mass is 32.1. The van der Waals surface area contributed by atoms with E-state index >= 15 is 0 Å². The van der Waals surface area contributed by atoms with Crippen LogP contribution in [0.5, 0.6) is 5.75 Å². The van der Waals surface area contributed by atoms with Gasteiger partial charge in [-0.05, 0) is 24.3 Å². The van der Waals surface area contributed by atoms with Gasteiger partial charge in [-0.2, -0.15) is 0 Å². The smallest absolute Gasteiger partial charge is 0.258 e. The number of benzene rings is 1. The molecule has 2 rings (SSSR count). The van der Waals surface area contributed by atoms with Crippen molar-refractivity contribution in [3.8, 4) is 5.75 Å². The first-order valence-corrected chi connectivity index (χ1v) is 5.74. The van der Waals surface area contributed by atoms with Crippen LogP contribution in [0, 0.1) is 4.64 Å². The molecule has 2 aromatic rings. The average molecular weight is 260 g/mol. The Morgan fingerprint density at radius 1 is 1.33 bits per heavy atom. The van der Waals surface area contributed by atoms with Gasteiger partial charge in [0.15, 0.2) is 0 Å².